The minimum atomic E-state index is 0. The van der Waals surface area contributed by atoms with E-state index in [4.69, 9.17) is 0 Å². The highest BCUT2D eigenvalue weighted by molar-refractivity contribution is 6.01. The smallest absolute Gasteiger partial charge is 0.128 e. The fourth-order valence-electron chi connectivity index (χ4n) is 2.82. The molecule has 0 bridgehead atoms. The van der Waals surface area contributed by atoms with Crippen LogP contribution < -0.4 is 10.6 Å². The van der Waals surface area contributed by atoms with Crippen molar-refractivity contribution in [2.24, 2.45) is 9.98 Å². The van der Waals surface area contributed by atoms with E-state index in [1.54, 1.807) is 0 Å². The lowest BCUT2D eigenvalue weighted by atomic mass is 10.0. The zero-order chi connectivity index (χ0) is 14.8. The van der Waals surface area contributed by atoms with Crippen molar-refractivity contribution in [1.29, 1.82) is 0 Å². The Bertz CT molecular complexity index is 671. The topological polar surface area (TPSA) is 48.8 Å². The van der Waals surface area contributed by atoms with Gasteiger partial charge in [-0.3, -0.25) is 9.98 Å². The second-order valence-electron chi connectivity index (χ2n) is 5.47. The van der Waals surface area contributed by atoms with Gasteiger partial charge in [0.15, 0.2) is 0 Å². The van der Waals surface area contributed by atoms with Crippen LogP contribution in [0.15, 0.2) is 58.5 Å². The number of halogens is 2. The summed E-state index contributed by atoms with van der Waals surface area (Å²) in [6, 6.07) is 17.1. The molecule has 2 heterocycles. The molecule has 2 aliphatic heterocycles. The maximum absolute atomic E-state index is 4.45. The first kappa shape index (κ1) is 18.3. The van der Waals surface area contributed by atoms with Crippen LogP contribution in [0.4, 0.5) is 0 Å². The molecule has 4 nitrogen and oxygen atoms in total. The lowest BCUT2D eigenvalue weighted by molar-refractivity contribution is 0.960. The molecule has 2 aromatic carbocycles. The molecule has 0 saturated carbocycles. The van der Waals surface area contributed by atoms with Gasteiger partial charge in [-0.1, -0.05) is 48.5 Å². The summed E-state index contributed by atoms with van der Waals surface area (Å²) in [7, 11) is 0. The van der Waals surface area contributed by atoms with Crippen LogP contribution in [0, 0.1) is 0 Å². The van der Waals surface area contributed by atoms with E-state index in [9.17, 15) is 0 Å². The minimum absolute atomic E-state index is 0. The van der Waals surface area contributed by atoms with Gasteiger partial charge in [0.2, 0.25) is 0 Å². The summed E-state index contributed by atoms with van der Waals surface area (Å²) in [5.41, 5.74) is 4.75. The van der Waals surface area contributed by atoms with E-state index >= 15 is 0 Å². The van der Waals surface area contributed by atoms with Gasteiger partial charge in [0.05, 0.1) is 13.1 Å². The fraction of sp³-hybridized carbons (Fsp3) is 0.222. The van der Waals surface area contributed by atoms with Crippen molar-refractivity contribution >= 4 is 36.5 Å². The molecular weight excluding hydrogens is 343 g/mol. The highest BCUT2D eigenvalue weighted by Gasteiger charge is 2.09. The molecule has 6 heteroatoms. The molecule has 126 valence electrons. The zero-order valence-corrected chi connectivity index (χ0v) is 14.8. The number of benzene rings is 2. The van der Waals surface area contributed by atoms with Crippen LogP contribution in [0.25, 0.3) is 11.1 Å². The van der Waals surface area contributed by atoms with Crippen LogP contribution in [-0.4, -0.2) is 37.9 Å². The van der Waals surface area contributed by atoms with E-state index in [0.29, 0.717) is 0 Å². The van der Waals surface area contributed by atoms with Crippen molar-refractivity contribution in [3.63, 3.8) is 0 Å². The molecule has 0 amide bonds. The van der Waals surface area contributed by atoms with Crippen molar-refractivity contribution < 1.29 is 0 Å². The van der Waals surface area contributed by atoms with Crippen LogP contribution in [0.1, 0.15) is 11.1 Å². The molecule has 0 unspecified atom stereocenters. The highest BCUT2D eigenvalue weighted by Crippen LogP contribution is 2.21. The Labute approximate surface area is 154 Å². The first-order chi connectivity index (χ1) is 10.9. The van der Waals surface area contributed by atoms with E-state index in [0.717, 1.165) is 49.0 Å². The molecular formula is C18H20Cl2N4. The third-order valence-electron chi connectivity index (χ3n) is 4.00. The number of rotatable bonds is 3. The molecule has 0 saturated heterocycles. The van der Waals surface area contributed by atoms with Gasteiger partial charge >= 0.3 is 0 Å². The van der Waals surface area contributed by atoms with Gasteiger partial charge in [-0.15, -0.1) is 24.8 Å². The second-order valence-corrected chi connectivity index (χ2v) is 5.47. The average Bonchev–Trinajstić information content (AvgIpc) is 3.29. The van der Waals surface area contributed by atoms with Gasteiger partial charge < -0.3 is 10.6 Å². The first-order valence-electron chi connectivity index (χ1n) is 7.68. The van der Waals surface area contributed by atoms with Gasteiger partial charge in [0, 0.05) is 24.2 Å². The summed E-state index contributed by atoms with van der Waals surface area (Å²) in [5, 5.41) is 6.60. The maximum atomic E-state index is 4.45. The SMILES string of the molecule is Cl.Cl.c1cc(-c2ccc(C3=NCCN3)cc2)ccc1C1=NCCN1. The normalized spacial score (nSPS) is 15.3. The number of aliphatic imine (C=N–C) groups is 2. The minimum Gasteiger partial charge on any atom is -0.368 e. The predicted octanol–water partition coefficient (Wildman–Crippen LogP) is 2.90. The Hall–Kier alpha value is -2.04. The lowest BCUT2D eigenvalue weighted by Crippen LogP contribution is -2.19. The highest BCUT2D eigenvalue weighted by atomic mass is 35.5. The quantitative estimate of drug-likeness (QED) is 0.881. The second kappa shape index (κ2) is 8.18. The summed E-state index contributed by atoms with van der Waals surface area (Å²) in [6.45, 7) is 3.62. The maximum Gasteiger partial charge on any atom is 0.128 e. The predicted molar refractivity (Wildman–Crippen MR) is 105 cm³/mol. The molecule has 2 N–H and O–H groups in total. The summed E-state index contributed by atoms with van der Waals surface area (Å²) < 4.78 is 0. The third-order valence-corrected chi connectivity index (χ3v) is 4.00. The van der Waals surface area contributed by atoms with E-state index in [1.807, 2.05) is 0 Å². The van der Waals surface area contributed by atoms with Gasteiger partial charge in [-0.2, -0.15) is 0 Å². The Kier molecular flexibility index (Phi) is 6.23. The molecule has 2 aromatic rings. The molecule has 2 aliphatic rings. The molecule has 0 spiro atoms. The largest absolute Gasteiger partial charge is 0.368 e. The lowest BCUT2D eigenvalue weighted by Gasteiger charge is -2.07. The summed E-state index contributed by atoms with van der Waals surface area (Å²) in [4.78, 5) is 8.90. The number of hydrogen-bond donors (Lipinski definition) is 2. The summed E-state index contributed by atoms with van der Waals surface area (Å²) >= 11 is 0. The van der Waals surface area contributed by atoms with Crippen molar-refractivity contribution in [1.82, 2.24) is 10.6 Å². The van der Waals surface area contributed by atoms with Crippen molar-refractivity contribution in [2.75, 3.05) is 26.2 Å². The van der Waals surface area contributed by atoms with E-state index in [1.165, 1.54) is 11.1 Å². The van der Waals surface area contributed by atoms with E-state index < -0.39 is 0 Å². The van der Waals surface area contributed by atoms with Gasteiger partial charge in [-0.05, 0) is 11.1 Å². The van der Waals surface area contributed by atoms with Gasteiger partial charge in [0.25, 0.3) is 0 Å². The molecule has 0 fully saturated rings. The van der Waals surface area contributed by atoms with Crippen LogP contribution in [-0.2, 0) is 0 Å². The molecule has 0 atom stereocenters. The molecule has 0 aliphatic carbocycles. The Balaban J connectivity index is 0.00000104. The number of amidine groups is 2. The monoisotopic (exact) mass is 362 g/mol. The van der Waals surface area contributed by atoms with Crippen molar-refractivity contribution in [3.8, 4) is 11.1 Å². The zero-order valence-electron chi connectivity index (χ0n) is 13.2. The number of nitrogens with zero attached hydrogens (tertiary/aromatic N) is 2. The van der Waals surface area contributed by atoms with Crippen molar-refractivity contribution in [3.05, 3.63) is 59.7 Å². The molecule has 4 rings (SSSR count). The van der Waals surface area contributed by atoms with Gasteiger partial charge in [-0.25, -0.2) is 0 Å². The van der Waals surface area contributed by atoms with Gasteiger partial charge in [0.1, 0.15) is 11.7 Å². The summed E-state index contributed by atoms with van der Waals surface area (Å²) in [6.07, 6.45) is 0. The number of hydrogen-bond acceptors (Lipinski definition) is 4. The molecule has 24 heavy (non-hydrogen) atoms. The standard InChI is InChI=1S/C18H18N4.2ClH/c1-5-15(17-19-9-10-20-17)6-2-13(1)14-3-7-16(8-4-14)18-21-11-12-22-18;;/h1-8H,9-12H2,(H,19,20)(H,21,22);2*1H. The fourth-order valence-corrected chi connectivity index (χ4v) is 2.82. The average molecular weight is 363 g/mol. The Morgan fingerprint density at radius 2 is 0.875 bits per heavy atom. The Morgan fingerprint density at radius 3 is 1.17 bits per heavy atom. The molecule has 0 aromatic heterocycles. The summed E-state index contributed by atoms with van der Waals surface area (Å²) in [5.74, 6) is 2.01. The Morgan fingerprint density at radius 1 is 0.542 bits per heavy atom. The number of nitrogens with one attached hydrogen (secondary N) is 2. The van der Waals surface area contributed by atoms with Crippen LogP contribution in [0.2, 0.25) is 0 Å². The van der Waals surface area contributed by atoms with Crippen molar-refractivity contribution in [2.45, 2.75) is 0 Å². The van der Waals surface area contributed by atoms with E-state index in [2.05, 4.69) is 69.1 Å². The van der Waals surface area contributed by atoms with Crippen LogP contribution in [0.5, 0.6) is 0 Å². The van der Waals surface area contributed by atoms with Crippen LogP contribution in [0.3, 0.4) is 0 Å². The first-order valence-corrected chi connectivity index (χ1v) is 7.68. The van der Waals surface area contributed by atoms with Crippen LogP contribution >= 0.6 is 24.8 Å². The van der Waals surface area contributed by atoms with E-state index in [-0.39, 0.29) is 24.8 Å². The molecule has 0 radical (unpaired) electrons. The third kappa shape index (κ3) is 3.71.